The molecule has 0 unspecified atom stereocenters. The second-order valence-corrected chi connectivity index (χ2v) is 5.52. The Kier molecular flexibility index (Phi) is 9.74. The van der Waals surface area contributed by atoms with Gasteiger partial charge in [0.2, 0.25) is 0 Å². The third-order valence-corrected chi connectivity index (χ3v) is 3.46. The first kappa shape index (κ1) is 20.5. The Morgan fingerprint density at radius 1 is 1.12 bits per heavy atom. The van der Waals surface area contributed by atoms with Crippen molar-refractivity contribution in [2.45, 2.75) is 46.0 Å². The molecule has 0 spiro atoms. The molecule has 0 aromatic heterocycles. The van der Waals surface area contributed by atoms with Gasteiger partial charge in [-0.2, -0.15) is 5.10 Å². The summed E-state index contributed by atoms with van der Waals surface area (Å²) >= 11 is 0. The van der Waals surface area contributed by atoms with E-state index in [2.05, 4.69) is 10.5 Å². The number of rotatable bonds is 11. The predicted octanol–water partition coefficient (Wildman–Crippen LogP) is 2.97. The minimum atomic E-state index is -0.693. The summed E-state index contributed by atoms with van der Waals surface area (Å²) in [6, 6.07) is 6.77. The molecule has 0 fully saturated rings. The maximum atomic E-state index is 11.2. The predicted molar refractivity (Wildman–Crippen MR) is 96.6 cm³/mol. The van der Waals surface area contributed by atoms with Gasteiger partial charge in [0.15, 0.2) is 0 Å². The van der Waals surface area contributed by atoms with Crippen LogP contribution in [0.2, 0.25) is 0 Å². The van der Waals surface area contributed by atoms with E-state index < -0.39 is 6.03 Å². The van der Waals surface area contributed by atoms with Crippen molar-refractivity contribution in [3.05, 3.63) is 29.8 Å². The zero-order chi connectivity index (χ0) is 18.5. The summed E-state index contributed by atoms with van der Waals surface area (Å²) in [5, 5.41) is 3.87. The summed E-state index contributed by atoms with van der Waals surface area (Å²) in [6.07, 6.45) is 4.28. The number of nitrogens with zero attached hydrogens (tertiary/aromatic N) is 1. The second kappa shape index (κ2) is 11.9. The van der Waals surface area contributed by atoms with Crippen molar-refractivity contribution in [2.24, 2.45) is 10.8 Å². The van der Waals surface area contributed by atoms with Gasteiger partial charge in [-0.25, -0.2) is 10.2 Å². The molecule has 0 heterocycles. The Morgan fingerprint density at radius 2 is 1.80 bits per heavy atom. The lowest BCUT2D eigenvalue weighted by atomic mass is 10.1. The first-order valence-electron chi connectivity index (χ1n) is 8.51. The number of carbonyl (C=O) groups is 2. The SMILES string of the molecule is CCOC(=O)CCCCCCOc1ccc(/C(C)=N/NC(N)=O)cc1. The van der Waals surface area contributed by atoms with Crippen LogP contribution >= 0.6 is 0 Å². The molecule has 0 radical (unpaired) electrons. The van der Waals surface area contributed by atoms with E-state index in [1.807, 2.05) is 31.2 Å². The fourth-order valence-corrected chi connectivity index (χ4v) is 2.14. The van der Waals surface area contributed by atoms with E-state index in [1.54, 1.807) is 6.92 Å². The molecule has 1 rings (SSSR count). The Labute approximate surface area is 148 Å². The van der Waals surface area contributed by atoms with Gasteiger partial charge in [-0.15, -0.1) is 0 Å². The molecule has 3 N–H and O–H groups in total. The lowest BCUT2D eigenvalue weighted by Crippen LogP contribution is -2.25. The van der Waals surface area contributed by atoms with Gasteiger partial charge in [-0.1, -0.05) is 12.8 Å². The highest BCUT2D eigenvalue weighted by molar-refractivity contribution is 5.99. The normalized spacial score (nSPS) is 11.0. The topological polar surface area (TPSA) is 103 Å². The minimum Gasteiger partial charge on any atom is -0.494 e. The number of nitrogens with two attached hydrogens (primary N) is 1. The average Bonchev–Trinajstić information content (AvgIpc) is 2.59. The molecule has 0 aliphatic heterocycles. The zero-order valence-corrected chi connectivity index (χ0v) is 14.9. The summed E-state index contributed by atoms with van der Waals surface area (Å²) in [5.41, 5.74) is 8.70. The van der Waals surface area contributed by atoms with Crippen LogP contribution in [0.1, 0.15) is 51.5 Å². The number of nitrogens with one attached hydrogen (secondary N) is 1. The number of esters is 1. The smallest absolute Gasteiger partial charge is 0.332 e. The van der Waals surface area contributed by atoms with Gasteiger partial charge < -0.3 is 15.2 Å². The molecular weight excluding hydrogens is 322 g/mol. The summed E-state index contributed by atoms with van der Waals surface area (Å²) < 4.78 is 10.6. The van der Waals surface area contributed by atoms with Gasteiger partial charge in [0.25, 0.3) is 0 Å². The van der Waals surface area contributed by atoms with Crippen LogP contribution in [0.15, 0.2) is 29.4 Å². The first-order chi connectivity index (χ1) is 12.0. The lowest BCUT2D eigenvalue weighted by molar-refractivity contribution is -0.143. The average molecular weight is 349 g/mol. The van der Waals surface area contributed by atoms with Crippen LogP contribution in [0.25, 0.3) is 0 Å². The fraction of sp³-hybridized carbons (Fsp3) is 0.500. The number of amides is 2. The number of hydrogen-bond donors (Lipinski definition) is 2. The number of urea groups is 1. The van der Waals surface area contributed by atoms with Crippen molar-refractivity contribution >= 4 is 17.7 Å². The molecule has 1 aromatic rings. The fourth-order valence-electron chi connectivity index (χ4n) is 2.14. The van der Waals surface area contributed by atoms with Gasteiger partial charge in [0, 0.05) is 6.42 Å². The molecule has 7 heteroatoms. The van der Waals surface area contributed by atoms with E-state index in [4.69, 9.17) is 15.2 Å². The summed E-state index contributed by atoms with van der Waals surface area (Å²) in [6.45, 7) is 4.67. The van der Waals surface area contributed by atoms with E-state index >= 15 is 0 Å². The van der Waals surface area contributed by atoms with Crippen molar-refractivity contribution in [1.29, 1.82) is 0 Å². The maximum Gasteiger partial charge on any atom is 0.332 e. The summed E-state index contributed by atoms with van der Waals surface area (Å²) in [5.74, 6) is 0.662. The van der Waals surface area contributed by atoms with Crippen LogP contribution < -0.4 is 15.9 Å². The van der Waals surface area contributed by atoms with Crippen molar-refractivity contribution in [2.75, 3.05) is 13.2 Å². The third-order valence-electron chi connectivity index (χ3n) is 3.46. The van der Waals surface area contributed by atoms with Crippen molar-refractivity contribution in [3.63, 3.8) is 0 Å². The van der Waals surface area contributed by atoms with Crippen LogP contribution in [0.5, 0.6) is 5.75 Å². The number of carbonyl (C=O) groups excluding carboxylic acids is 2. The monoisotopic (exact) mass is 349 g/mol. The van der Waals surface area contributed by atoms with E-state index in [1.165, 1.54) is 0 Å². The van der Waals surface area contributed by atoms with Crippen LogP contribution in [-0.4, -0.2) is 30.9 Å². The standard InChI is InChI=1S/C18H27N3O4/c1-3-24-17(22)8-6-4-5-7-13-25-16-11-9-15(10-12-16)14(2)20-21-18(19)23/h9-12H,3-8,13H2,1-2H3,(H3,19,21,23)/b20-14+. The van der Waals surface area contributed by atoms with Gasteiger partial charge in [0.05, 0.1) is 18.9 Å². The lowest BCUT2D eigenvalue weighted by Gasteiger charge is -2.07. The van der Waals surface area contributed by atoms with Crippen LogP contribution in [-0.2, 0) is 9.53 Å². The Morgan fingerprint density at radius 3 is 2.44 bits per heavy atom. The molecule has 0 bridgehead atoms. The molecule has 0 aliphatic carbocycles. The molecule has 0 atom stereocenters. The van der Waals surface area contributed by atoms with Gasteiger partial charge >= 0.3 is 12.0 Å². The van der Waals surface area contributed by atoms with E-state index in [0.29, 0.717) is 25.3 Å². The molecule has 2 amide bonds. The van der Waals surface area contributed by atoms with E-state index in [-0.39, 0.29) is 5.97 Å². The number of hydrazone groups is 1. The van der Waals surface area contributed by atoms with Crippen molar-refractivity contribution in [1.82, 2.24) is 5.43 Å². The second-order valence-electron chi connectivity index (χ2n) is 5.52. The highest BCUT2D eigenvalue weighted by Gasteiger charge is 2.02. The highest BCUT2D eigenvalue weighted by atomic mass is 16.5. The summed E-state index contributed by atoms with van der Waals surface area (Å²) in [7, 11) is 0. The van der Waals surface area contributed by atoms with Crippen LogP contribution in [0.4, 0.5) is 4.79 Å². The quantitative estimate of drug-likeness (QED) is 0.277. The van der Waals surface area contributed by atoms with Crippen molar-refractivity contribution in [3.8, 4) is 5.75 Å². The minimum absolute atomic E-state index is 0.122. The van der Waals surface area contributed by atoms with E-state index in [0.717, 1.165) is 37.0 Å². The summed E-state index contributed by atoms with van der Waals surface area (Å²) in [4.78, 5) is 21.8. The molecule has 0 saturated heterocycles. The molecular formula is C18H27N3O4. The Bertz CT molecular complexity index is 570. The molecule has 138 valence electrons. The number of benzene rings is 1. The molecule has 0 saturated carbocycles. The van der Waals surface area contributed by atoms with Gasteiger partial charge in [-0.3, -0.25) is 4.79 Å². The maximum absolute atomic E-state index is 11.2. The zero-order valence-electron chi connectivity index (χ0n) is 14.9. The number of hydrogen-bond acceptors (Lipinski definition) is 5. The van der Waals surface area contributed by atoms with Gasteiger partial charge in [0.1, 0.15) is 5.75 Å². The van der Waals surface area contributed by atoms with Crippen LogP contribution in [0, 0.1) is 0 Å². The molecule has 0 aliphatic rings. The molecule has 25 heavy (non-hydrogen) atoms. The first-order valence-corrected chi connectivity index (χ1v) is 8.51. The van der Waals surface area contributed by atoms with Gasteiger partial charge in [-0.05, 0) is 56.5 Å². The molecule has 1 aromatic carbocycles. The van der Waals surface area contributed by atoms with Crippen molar-refractivity contribution < 1.29 is 19.1 Å². The number of unbranched alkanes of at least 4 members (excludes halogenated alkanes) is 3. The Balaban J connectivity index is 2.20. The number of primary amides is 1. The number of ether oxygens (including phenoxy) is 2. The van der Waals surface area contributed by atoms with E-state index in [9.17, 15) is 9.59 Å². The Hall–Kier alpha value is -2.57. The van der Waals surface area contributed by atoms with Crippen LogP contribution in [0.3, 0.4) is 0 Å². The highest BCUT2D eigenvalue weighted by Crippen LogP contribution is 2.14. The molecule has 7 nitrogen and oxygen atoms in total. The third kappa shape index (κ3) is 9.34. The largest absolute Gasteiger partial charge is 0.494 e.